The fraction of sp³-hybridized carbons (Fsp3) is 0.524. The van der Waals surface area contributed by atoms with Crippen LogP contribution in [0.15, 0.2) is 30.3 Å². The van der Waals surface area contributed by atoms with E-state index in [1.165, 1.54) is 12.8 Å². The Hall–Kier alpha value is -2.14. The average molecular weight is 353 g/mol. The van der Waals surface area contributed by atoms with Gasteiger partial charge in [-0.2, -0.15) is 5.10 Å². The maximum atomic E-state index is 12.7. The summed E-state index contributed by atoms with van der Waals surface area (Å²) in [6, 6.07) is 10.0. The third-order valence-electron chi connectivity index (χ3n) is 5.68. The molecule has 1 saturated carbocycles. The van der Waals surface area contributed by atoms with Crippen LogP contribution in [-0.2, 0) is 11.3 Å². The van der Waals surface area contributed by atoms with Gasteiger partial charge in [0.05, 0.1) is 30.5 Å². The van der Waals surface area contributed by atoms with Crippen LogP contribution in [-0.4, -0.2) is 33.9 Å². The monoisotopic (exact) mass is 353 g/mol. The second-order valence-electron chi connectivity index (χ2n) is 7.86. The summed E-state index contributed by atoms with van der Waals surface area (Å²) in [5.74, 6) is -0.0103. The summed E-state index contributed by atoms with van der Waals surface area (Å²) in [7, 11) is 0. The Balaban J connectivity index is 1.41. The zero-order valence-electron chi connectivity index (χ0n) is 15.6. The minimum absolute atomic E-state index is 0.0103. The van der Waals surface area contributed by atoms with Gasteiger partial charge in [-0.1, -0.05) is 25.0 Å². The molecule has 2 fully saturated rings. The molecule has 1 aliphatic heterocycles. The third kappa shape index (κ3) is 3.54. The van der Waals surface area contributed by atoms with Crippen LogP contribution >= 0.6 is 0 Å². The van der Waals surface area contributed by atoms with E-state index >= 15 is 0 Å². The molecule has 1 N–H and O–H groups in total. The lowest BCUT2D eigenvalue weighted by Crippen LogP contribution is -2.36. The fourth-order valence-corrected chi connectivity index (χ4v) is 4.39. The highest BCUT2D eigenvalue weighted by molar-refractivity contribution is 5.94. The lowest BCUT2D eigenvalue weighted by Gasteiger charge is -2.21. The van der Waals surface area contributed by atoms with Gasteiger partial charge < -0.3 is 10.1 Å². The van der Waals surface area contributed by atoms with Crippen molar-refractivity contribution in [2.75, 3.05) is 6.61 Å². The van der Waals surface area contributed by atoms with Crippen LogP contribution < -0.4 is 5.32 Å². The molecule has 1 aromatic heterocycles. The number of amides is 1. The van der Waals surface area contributed by atoms with Gasteiger partial charge in [-0.3, -0.25) is 9.48 Å². The van der Waals surface area contributed by atoms with Gasteiger partial charge in [0.25, 0.3) is 5.91 Å². The third-order valence-corrected chi connectivity index (χ3v) is 5.68. The van der Waals surface area contributed by atoms with Crippen molar-refractivity contribution in [2.45, 2.75) is 64.1 Å². The molecule has 1 atom stereocenters. The van der Waals surface area contributed by atoms with Gasteiger partial charge in [0.1, 0.15) is 0 Å². The minimum atomic E-state index is -0.0103. The van der Waals surface area contributed by atoms with Crippen molar-refractivity contribution in [3.8, 4) is 0 Å². The second-order valence-corrected chi connectivity index (χ2v) is 7.86. The van der Waals surface area contributed by atoms with Crippen LogP contribution in [0.2, 0.25) is 0 Å². The Labute approximate surface area is 154 Å². The van der Waals surface area contributed by atoms with Crippen LogP contribution in [0.4, 0.5) is 0 Å². The Morgan fingerprint density at radius 2 is 2.12 bits per heavy atom. The molecule has 26 heavy (non-hydrogen) atoms. The first-order chi connectivity index (χ1) is 12.5. The number of carbonyl (C=O) groups excluding carboxylic acids is 1. The first-order valence-electron chi connectivity index (χ1n) is 9.58. The Kier molecular flexibility index (Phi) is 4.57. The number of ether oxygens (including phenoxy) is 1. The van der Waals surface area contributed by atoms with Gasteiger partial charge in [0.2, 0.25) is 0 Å². The summed E-state index contributed by atoms with van der Waals surface area (Å²) in [5.41, 5.74) is 3.96. The molecule has 4 rings (SSSR count). The highest BCUT2D eigenvalue weighted by atomic mass is 16.5. The van der Waals surface area contributed by atoms with Crippen molar-refractivity contribution in [3.63, 3.8) is 0 Å². The van der Waals surface area contributed by atoms with Crippen molar-refractivity contribution in [2.24, 2.45) is 0 Å². The van der Waals surface area contributed by atoms with Crippen LogP contribution in [0.25, 0.3) is 0 Å². The summed E-state index contributed by atoms with van der Waals surface area (Å²) in [4.78, 5) is 12.7. The summed E-state index contributed by atoms with van der Waals surface area (Å²) in [6.45, 7) is 5.36. The molecule has 138 valence electrons. The normalized spacial score (nSPS) is 21.4. The lowest BCUT2D eigenvalue weighted by molar-refractivity contribution is 0.00988. The molecule has 0 unspecified atom stereocenters. The van der Waals surface area contributed by atoms with Crippen molar-refractivity contribution < 1.29 is 9.53 Å². The Morgan fingerprint density at radius 3 is 2.85 bits per heavy atom. The predicted molar refractivity (Wildman–Crippen MR) is 100 cm³/mol. The van der Waals surface area contributed by atoms with Crippen LogP contribution in [0.1, 0.15) is 59.4 Å². The van der Waals surface area contributed by atoms with Crippen LogP contribution in [0.5, 0.6) is 0 Å². The van der Waals surface area contributed by atoms with Gasteiger partial charge in [-0.15, -0.1) is 0 Å². The molecule has 2 aromatic rings. The standard InChI is InChI=1S/C21H27N3O2/c1-15-10-16(2)24(23-15)13-17-6-5-7-18(11-17)20(25)22-19-12-21(26-14-19)8-3-4-9-21/h5-7,10-11,19H,3-4,8-9,12-14H2,1-2H3,(H,22,25)/t19-/m0/s1. The van der Waals surface area contributed by atoms with E-state index in [0.717, 1.165) is 36.2 Å². The van der Waals surface area contributed by atoms with E-state index in [4.69, 9.17) is 4.74 Å². The fourth-order valence-electron chi connectivity index (χ4n) is 4.39. The van der Waals surface area contributed by atoms with Gasteiger partial charge in [0, 0.05) is 11.3 Å². The van der Waals surface area contributed by atoms with Crippen molar-refractivity contribution >= 4 is 5.91 Å². The number of carbonyl (C=O) groups is 1. The quantitative estimate of drug-likeness (QED) is 0.917. The molecule has 1 spiro atoms. The lowest BCUT2D eigenvalue weighted by atomic mass is 9.96. The molecule has 1 aliphatic carbocycles. The number of hydrogen-bond donors (Lipinski definition) is 1. The average Bonchev–Trinajstić information content (AvgIpc) is 3.31. The SMILES string of the molecule is Cc1cc(C)n(Cc2cccc(C(=O)N[C@@H]3COC4(CCCC4)C3)c2)n1. The van der Waals surface area contributed by atoms with E-state index in [-0.39, 0.29) is 17.6 Å². The summed E-state index contributed by atoms with van der Waals surface area (Å²) < 4.78 is 8.02. The minimum Gasteiger partial charge on any atom is -0.373 e. The van der Waals surface area contributed by atoms with E-state index in [9.17, 15) is 4.79 Å². The molecular formula is C21H27N3O2. The van der Waals surface area contributed by atoms with E-state index in [2.05, 4.69) is 23.4 Å². The largest absolute Gasteiger partial charge is 0.373 e. The van der Waals surface area contributed by atoms with Crippen LogP contribution in [0, 0.1) is 13.8 Å². The zero-order valence-corrected chi connectivity index (χ0v) is 15.6. The summed E-state index contributed by atoms with van der Waals surface area (Å²) >= 11 is 0. The Bertz CT molecular complexity index is 805. The molecule has 5 nitrogen and oxygen atoms in total. The highest BCUT2D eigenvalue weighted by Gasteiger charge is 2.42. The smallest absolute Gasteiger partial charge is 0.251 e. The maximum Gasteiger partial charge on any atom is 0.251 e. The van der Waals surface area contributed by atoms with Crippen molar-refractivity contribution in [3.05, 3.63) is 52.8 Å². The number of rotatable bonds is 4. The van der Waals surface area contributed by atoms with E-state index in [1.54, 1.807) is 0 Å². The maximum absolute atomic E-state index is 12.7. The first kappa shape index (κ1) is 17.3. The molecule has 1 aromatic carbocycles. The second kappa shape index (κ2) is 6.88. The molecule has 5 heteroatoms. The number of hydrogen-bond acceptors (Lipinski definition) is 3. The van der Waals surface area contributed by atoms with E-state index < -0.39 is 0 Å². The molecule has 2 aliphatic rings. The number of nitrogens with zero attached hydrogens (tertiary/aromatic N) is 2. The van der Waals surface area contributed by atoms with Crippen molar-refractivity contribution in [1.29, 1.82) is 0 Å². The van der Waals surface area contributed by atoms with Crippen molar-refractivity contribution in [1.82, 2.24) is 15.1 Å². The number of nitrogens with one attached hydrogen (secondary N) is 1. The van der Waals surface area contributed by atoms with Gasteiger partial charge >= 0.3 is 0 Å². The number of benzene rings is 1. The molecule has 0 radical (unpaired) electrons. The van der Waals surface area contributed by atoms with E-state index in [0.29, 0.717) is 18.7 Å². The molecule has 1 amide bonds. The topological polar surface area (TPSA) is 56.2 Å². The summed E-state index contributed by atoms with van der Waals surface area (Å²) in [5, 5.41) is 7.67. The zero-order chi connectivity index (χ0) is 18.1. The molecule has 0 bridgehead atoms. The first-order valence-corrected chi connectivity index (χ1v) is 9.58. The number of aryl methyl sites for hydroxylation is 2. The van der Waals surface area contributed by atoms with E-state index in [1.807, 2.05) is 35.9 Å². The molecular weight excluding hydrogens is 326 g/mol. The van der Waals surface area contributed by atoms with Gasteiger partial charge in [-0.25, -0.2) is 0 Å². The molecule has 2 heterocycles. The van der Waals surface area contributed by atoms with Crippen LogP contribution in [0.3, 0.4) is 0 Å². The Morgan fingerprint density at radius 1 is 1.31 bits per heavy atom. The molecule has 1 saturated heterocycles. The summed E-state index contributed by atoms with van der Waals surface area (Å²) in [6.07, 6.45) is 5.71. The number of aromatic nitrogens is 2. The van der Waals surface area contributed by atoms with Gasteiger partial charge in [0.15, 0.2) is 0 Å². The predicted octanol–water partition coefficient (Wildman–Crippen LogP) is 3.38. The van der Waals surface area contributed by atoms with Gasteiger partial charge in [-0.05, 0) is 56.9 Å². The highest BCUT2D eigenvalue weighted by Crippen LogP contribution is 2.40.